The summed E-state index contributed by atoms with van der Waals surface area (Å²) < 4.78 is 10.2. The molecule has 12 nitrogen and oxygen atoms in total. The van der Waals surface area contributed by atoms with Gasteiger partial charge in [0.05, 0.1) is 18.1 Å². The van der Waals surface area contributed by atoms with E-state index in [4.69, 9.17) is 9.15 Å². The number of nitrogens with zero attached hydrogens (tertiary/aromatic N) is 2. The standard InChI is InChI=1S/C19H14O5.C12H8N2.Cu.5H2O/c1-23-18-10-12(7-9-16(18)21)6-8-15(20)14-11-13-4-2-3-5-17(13)24-19(14)22;1-3-9-5-6-10-4-2-8-14-12(10)11(9)13-7-1;;;;;;/h2-11,21H,1H3;1-8H;;5*1H2/b8-6+;;;;;;;. The third-order valence-electron chi connectivity index (χ3n) is 5.88. The third-order valence-corrected chi connectivity index (χ3v) is 5.88. The van der Waals surface area contributed by atoms with Gasteiger partial charge < -0.3 is 41.6 Å². The average Bonchev–Trinajstić information content (AvgIpc) is 2.96. The van der Waals surface area contributed by atoms with Gasteiger partial charge in [-0.1, -0.05) is 54.6 Å². The molecule has 6 rings (SSSR count). The number of phenolic OH excluding ortho intramolecular Hbond substituents is 1. The maximum absolute atomic E-state index is 12.3. The van der Waals surface area contributed by atoms with Crippen molar-refractivity contribution in [2.24, 2.45) is 0 Å². The van der Waals surface area contributed by atoms with Crippen molar-refractivity contribution in [3.63, 3.8) is 0 Å². The van der Waals surface area contributed by atoms with Crippen molar-refractivity contribution in [3.05, 3.63) is 125 Å². The summed E-state index contributed by atoms with van der Waals surface area (Å²) in [7, 11) is 1.44. The Morgan fingerprint density at radius 1 is 0.773 bits per heavy atom. The Labute approximate surface area is 261 Å². The van der Waals surface area contributed by atoms with Gasteiger partial charge in [0.2, 0.25) is 0 Å². The molecule has 0 saturated heterocycles. The van der Waals surface area contributed by atoms with Gasteiger partial charge in [-0.15, -0.1) is 0 Å². The molecular formula is C31H32CuN2O10. The van der Waals surface area contributed by atoms with Crippen LogP contribution in [-0.2, 0) is 17.1 Å². The van der Waals surface area contributed by atoms with Crippen molar-refractivity contribution >= 4 is 44.6 Å². The van der Waals surface area contributed by atoms with Crippen LogP contribution in [0.5, 0.6) is 11.5 Å². The molecule has 44 heavy (non-hydrogen) atoms. The first-order valence-electron chi connectivity index (χ1n) is 11.7. The second kappa shape index (κ2) is 18.5. The first kappa shape index (κ1) is 41.2. The van der Waals surface area contributed by atoms with Gasteiger partial charge >= 0.3 is 5.63 Å². The normalized spacial score (nSPS) is 9.48. The summed E-state index contributed by atoms with van der Waals surface area (Å²) in [6, 6.07) is 25.3. The number of hydrogen-bond acceptors (Lipinski definition) is 7. The molecule has 1 radical (unpaired) electrons. The molecule has 0 aliphatic rings. The maximum Gasteiger partial charge on any atom is 0.347 e. The average molecular weight is 656 g/mol. The number of fused-ring (bicyclic) bond motifs is 4. The number of rotatable bonds is 4. The van der Waals surface area contributed by atoms with Crippen molar-refractivity contribution in [2.75, 3.05) is 7.11 Å². The van der Waals surface area contributed by atoms with E-state index in [9.17, 15) is 14.7 Å². The topological polar surface area (TPSA) is 260 Å². The predicted molar refractivity (Wildman–Crippen MR) is 166 cm³/mol. The van der Waals surface area contributed by atoms with E-state index in [1.807, 2.05) is 12.1 Å². The van der Waals surface area contributed by atoms with Crippen LogP contribution in [0.25, 0.3) is 38.9 Å². The van der Waals surface area contributed by atoms with E-state index in [1.54, 1.807) is 54.9 Å². The van der Waals surface area contributed by atoms with Crippen molar-refractivity contribution in [1.29, 1.82) is 0 Å². The van der Waals surface area contributed by atoms with Crippen molar-refractivity contribution in [2.45, 2.75) is 0 Å². The number of carbonyl (C=O) groups excluding carboxylic acids is 1. The van der Waals surface area contributed by atoms with Gasteiger partial charge in [0.1, 0.15) is 11.1 Å². The Kier molecular flexibility index (Phi) is 17.3. The minimum absolute atomic E-state index is 0. The molecule has 3 aromatic heterocycles. The predicted octanol–water partition coefficient (Wildman–Crippen LogP) is 2.06. The van der Waals surface area contributed by atoms with Crippen molar-refractivity contribution in [1.82, 2.24) is 9.97 Å². The maximum atomic E-state index is 12.3. The fourth-order valence-corrected chi connectivity index (χ4v) is 3.97. The monoisotopic (exact) mass is 655 g/mol. The molecule has 0 amide bonds. The number of ether oxygens (including phenoxy) is 1. The molecule has 11 N–H and O–H groups in total. The number of carbonyl (C=O) groups is 1. The van der Waals surface area contributed by atoms with Crippen LogP contribution >= 0.6 is 0 Å². The SMILES string of the molecule is COc1cc(/C=C/C(=O)c2cc3ccccc3oc2=O)ccc1O.O.O.O.O.O.[Cu].c1cnc2c(c1)ccc1cccnc12. The molecule has 0 unspecified atom stereocenters. The molecule has 6 aromatic rings. The second-order valence-corrected chi connectivity index (χ2v) is 8.33. The van der Waals surface area contributed by atoms with Crippen LogP contribution < -0.4 is 10.4 Å². The van der Waals surface area contributed by atoms with Gasteiger partial charge in [-0.05, 0) is 48.0 Å². The Bertz CT molecular complexity index is 1840. The van der Waals surface area contributed by atoms with Crippen LogP contribution in [0.15, 0.2) is 113 Å². The Balaban J connectivity index is 0. The van der Waals surface area contributed by atoms with Gasteiger partial charge in [0.15, 0.2) is 17.3 Å². The molecule has 3 aromatic carbocycles. The summed E-state index contributed by atoms with van der Waals surface area (Å²) in [5.41, 5.74) is 2.34. The summed E-state index contributed by atoms with van der Waals surface area (Å²) in [6.07, 6.45) is 6.43. The zero-order valence-electron chi connectivity index (χ0n) is 23.2. The van der Waals surface area contributed by atoms with Crippen LogP contribution in [0.3, 0.4) is 0 Å². The van der Waals surface area contributed by atoms with E-state index < -0.39 is 11.4 Å². The number of aromatic nitrogens is 2. The number of benzene rings is 3. The number of pyridine rings is 2. The summed E-state index contributed by atoms with van der Waals surface area (Å²) in [5.74, 6) is -0.146. The zero-order valence-corrected chi connectivity index (χ0v) is 24.1. The van der Waals surface area contributed by atoms with E-state index in [0.29, 0.717) is 22.3 Å². The van der Waals surface area contributed by atoms with Crippen molar-refractivity contribution < 1.29 is 63.5 Å². The van der Waals surface area contributed by atoms with Crippen molar-refractivity contribution in [3.8, 4) is 11.5 Å². The minimum Gasteiger partial charge on any atom is -0.504 e. The van der Waals surface area contributed by atoms with Crippen LogP contribution in [0, 0.1) is 0 Å². The van der Waals surface area contributed by atoms with Gasteiger partial charge in [-0.3, -0.25) is 14.8 Å². The summed E-state index contributed by atoms with van der Waals surface area (Å²) in [6.45, 7) is 0. The number of ketones is 1. The molecule has 0 aliphatic carbocycles. The van der Waals surface area contributed by atoms with Gasteiger partial charge in [0.25, 0.3) is 0 Å². The fraction of sp³-hybridized carbons (Fsp3) is 0.0323. The quantitative estimate of drug-likeness (QED) is 0.0970. The molecule has 0 aliphatic heterocycles. The van der Waals surface area contributed by atoms with Crippen LogP contribution in [0.2, 0.25) is 0 Å². The smallest absolute Gasteiger partial charge is 0.347 e. The summed E-state index contributed by atoms with van der Waals surface area (Å²) in [5, 5.41) is 12.5. The summed E-state index contributed by atoms with van der Waals surface area (Å²) >= 11 is 0. The Morgan fingerprint density at radius 2 is 1.34 bits per heavy atom. The van der Waals surface area contributed by atoms with E-state index >= 15 is 0 Å². The van der Waals surface area contributed by atoms with Crippen LogP contribution in [0.1, 0.15) is 15.9 Å². The third kappa shape index (κ3) is 9.01. The number of para-hydroxylation sites is 1. The number of allylic oxidation sites excluding steroid dienone is 1. The molecule has 0 atom stereocenters. The molecule has 3 heterocycles. The minimum atomic E-state index is -0.674. The molecule has 0 spiro atoms. The van der Waals surface area contributed by atoms with Crippen LogP contribution in [0.4, 0.5) is 0 Å². The molecule has 0 bridgehead atoms. The van der Waals surface area contributed by atoms with Gasteiger partial charge in [-0.25, -0.2) is 4.79 Å². The number of phenols is 1. The number of aromatic hydroxyl groups is 1. The zero-order chi connectivity index (χ0) is 26.5. The number of hydrogen-bond donors (Lipinski definition) is 1. The molecular weight excluding hydrogens is 624 g/mol. The molecule has 13 heteroatoms. The van der Waals surface area contributed by atoms with Gasteiger partial charge in [0, 0.05) is 45.6 Å². The Morgan fingerprint density at radius 3 is 1.93 bits per heavy atom. The summed E-state index contributed by atoms with van der Waals surface area (Å²) in [4.78, 5) is 32.9. The van der Waals surface area contributed by atoms with E-state index in [1.165, 1.54) is 25.3 Å². The van der Waals surface area contributed by atoms with E-state index in [0.717, 1.165) is 21.8 Å². The molecule has 0 saturated carbocycles. The van der Waals surface area contributed by atoms with Gasteiger partial charge in [-0.2, -0.15) is 0 Å². The van der Waals surface area contributed by atoms with E-state index in [2.05, 4.69) is 34.2 Å². The second-order valence-electron chi connectivity index (χ2n) is 8.33. The molecule has 0 fully saturated rings. The Hall–Kier alpha value is -4.98. The first-order chi connectivity index (χ1) is 18.5. The fourth-order valence-electron chi connectivity index (χ4n) is 3.97. The largest absolute Gasteiger partial charge is 0.504 e. The first-order valence-corrected chi connectivity index (χ1v) is 11.7. The molecule has 237 valence electrons. The number of methoxy groups -OCH3 is 1. The van der Waals surface area contributed by atoms with E-state index in [-0.39, 0.29) is 55.8 Å². The van der Waals surface area contributed by atoms with Crippen LogP contribution in [-0.4, -0.2) is 55.3 Å².